The summed E-state index contributed by atoms with van der Waals surface area (Å²) in [7, 11) is -5.75. The van der Waals surface area contributed by atoms with Crippen molar-refractivity contribution in [1.29, 1.82) is 0 Å². The van der Waals surface area contributed by atoms with Gasteiger partial charge in [0.05, 0.1) is 13.2 Å². The summed E-state index contributed by atoms with van der Waals surface area (Å²) in [5.41, 5.74) is -5.04. The fraction of sp³-hybridized carbons (Fsp3) is 0.538. The van der Waals surface area contributed by atoms with Gasteiger partial charge in [-0.1, -0.05) is 30.3 Å². The second-order valence-corrected chi connectivity index (χ2v) is 7.42. The molecule has 2 saturated heterocycles. The number of ether oxygens (including phenoxy) is 3. The van der Waals surface area contributed by atoms with Crippen molar-refractivity contribution in [1.82, 2.24) is 0 Å². The lowest BCUT2D eigenvalue weighted by Crippen LogP contribution is -2.59. The molecule has 128 valence electrons. The Hall–Kier alpha value is -1.20. The second kappa shape index (κ2) is 5.42. The van der Waals surface area contributed by atoms with Gasteiger partial charge in [-0.15, -0.1) is 0 Å². The highest BCUT2D eigenvalue weighted by Crippen LogP contribution is 2.49. The quantitative estimate of drug-likeness (QED) is 0.811. The van der Waals surface area contributed by atoms with Crippen molar-refractivity contribution in [3.8, 4) is 0 Å². The number of hydrogen-bond acceptors (Lipinski definition) is 6. The molecule has 0 aliphatic carbocycles. The predicted octanol–water partition coefficient (Wildman–Crippen LogP) is 0.950. The van der Waals surface area contributed by atoms with Crippen molar-refractivity contribution < 1.29 is 40.9 Å². The number of aliphatic hydroxyl groups is 1. The number of hydrogen-bond donors (Lipinski definition) is 1. The lowest BCUT2D eigenvalue weighted by molar-refractivity contribution is -0.171. The molecule has 0 bridgehead atoms. The molecule has 1 aromatic rings. The molecule has 2 heterocycles. The largest absolute Gasteiger partial charge is 0.500 e. The zero-order valence-electron chi connectivity index (χ0n) is 11.6. The van der Waals surface area contributed by atoms with Gasteiger partial charge in [0, 0.05) is 0 Å². The minimum absolute atomic E-state index is 0.373. The summed E-state index contributed by atoms with van der Waals surface area (Å²) in [5.74, 6) is 0. The molecule has 0 saturated carbocycles. The van der Waals surface area contributed by atoms with Gasteiger partial charge < -0.3 is 19.3 Å². The highest BCUT2D eigenvalue weighted by Gasteiger charge is 2.74. The monoisotopic (exact) mass is 354 g/mol. The Morgan fingerprint density at radius 2 is 1.96 bits per heavy atom. The Kier molecular flexibility index (Phi) is 3.92. The number of halogens is 3. The van der Waals surface area contributed by atoms with E-state index in [4.69, 9.17) is 14.2 Å². The van der Waals surface area contributed by atoms with Gasteiger partial charge in [-0.05, 0) is 5.56 Å². The van der Waals surface area contributed by atoms with Crippen molar-refractivity contribution >= 4 is 9.84 Å². The third-order valence-electron chi connectivity index (χ3n) is 3.78. The lowest BCUT2D eigenvalue weighted by atomic mass is 10.1. The molecule has 0 radical (unpaired) electrons. The minimum Gasteiger partial charge on any atom is -0.366 e. The molecule has 0 aromatic heterocycles. The summed E-state index contributed by atoms with van der Waals surface area (Å²) in [6.45, 7) is -1.34. The van der Waals surface area contributed by atoms with Crippen LogP contribution < -0.4 is 0 Å². The Morgan fingerprint density at radius 1 is 1.30 bits per heavy atom. The van der Waals surface area contributed by atoms with Gasteiger partial charge in [0.2, 0.25) is 4.93 Å². The zero-order valence-corrected chi connectivity index (χ0v) is 12.4. The van der Waals surface area contributed by atoms with Gasteiger partial charge in [-0.3, -0.25) is 0 Å². The third-order valence-corrected chi connectivity index (χ3v) is 5.77. The fourth-order valence-electron chi connectivity index (χ4n) is 2.48. The molecule has 1 N–H and O–H groups in total. The normalized spacial score (nSPS) is 34.0. The summed E-state index contributed by atoms with van der Waals surface area (Å²) in [5, 5.41) is 9.43. The smallest absolute Gasteiger partial charge is 0.366 e. The molecule has 23 heavy (non-hydrogen) atoms. The van der Waals surface area contributed by atoms with E-state index in [1.165, 1.54) is 0 Å². The molecule has 3 rings (SSSR count). The summed E-state index contributed by atoms with van der Waals surface area (Å²) in [4.78, 5) is -2.73. The van der Waals surface area contributed by atoms with Crippen LogP contribution in [0.2, 0.25) is 0 Å². The Balaban J connectivity index is 1.92. The van der Waals surface area contributed by atoms with Gasteiger partial charge in [0.1, 0.15) is 12.2 Å². The number of alkyl halides is 3. The summed E-state index contributed by atoms with van der Waals surface area (Å²) < 4.78 is 77.9. The topological polar surface area (TPSA) is 85.4 Å². The first-order chi connectivity index (χ1) is 10.7. The number of fused-ring (bicyclic) bond motifs is 1. The molecule has 4 atom stereocenters. The molecule has 10 heteroatoms. The van der Waals surface area contributed by atoms with Gasteiger partial charge in [0.25, 0.3) is 9.84 Å². The molecular formula is C13H13F3O6S. The van der Waals surface area contributed by atoms with Crippen LogP contribution in [-0.2, 0) is 30.7 Å². The van der Waals surface area contributed by atoms with Crippen LogP contribution in [-0.4, -0.2) is 49.1 Å². The molecule has 2 aliphatic rings. The standard InChI is InChI=1S/C13H13F3O6S/c14-13(15,16)23(18,19)12(7-20-11(17)9-10(12)22-9)21-6-8-4-2-1-3-5-8/h1-5,9-11,17H,6-7H2/t9-,10+,11+,12-/m1/s1. The molecule has 1 aromatic carbocycles. The molecule has 2 fully saturated rings. The fourth-order valence-corrected chi connectivity index (χ4v) is 3.81. The van der Waals surface area contributed by atoms with Crippen LogP contribution >= 0.6 is 0 Å². The number of benzene rings is 1. The van der Waals surface area contributed by atoms with Gasteiger partial charge in [-0.2, -0.15) is 13.2 Å². The van der Waals surface area contributed by atoms with Crippen LogP contribution in [0.1, 0.15) is 5.56 Å². The third kappa shape index (κ3) is 2.64. The van der Waals surface area contributed by atoms with Crippen molar-refractivity contribution in [2.45, 2.75) is 35.5 Å². The molecule has 2 aliphatic heterocycles. The zero-order chi connectivity index (χ0) is 16.9. The number of epoxide rings is 1. The van der Waals surface area contributed by atoms with E-state index in [0.29, 0.717) is 5.56 Å². The van der Waals surface area contributed by atoms with Crippen LogP contribution in [0.4, 0.5) is 13.2 Å². The first kappa shape index (κ1) is 16.7. The summed E-state index contributed by atoms with van der Waals surface area (Å²) in [6, 6.07) is 8.14. The van der Waals surface area contributed by atoms with E-state index < -0.39 is 45.4 Å². The molecular weight excluding hydrogens is 341 g/mol. The van der Waals surface area contributed by atoms with Crippen LogP contribution in [0.5, 0.6) is 0 Å². The van der Waals surface area contributed by atoms with Crippen molar-refractivity contribution in [2.75, 3.05) is 6.61 Å². The lowest BCUT2D eigenvalue weighted by Gasteiger charge is -2.35. The van der Waals surface area contributed by atoms with E-state index in [1.54, 1.807) is 30.3 Å². The van der Waals surface area contributed by atoms with Crippen molar-refractivity contribution in [3.05, 3.63) is 35.9 Å². The number of sulfone groups is 1. The SMILES string of the molecule is O=S(=O)(C(F)(F)F)[C@]1(OCc2ccccc2)CO[C@H](O)[C@@H]2O[C@@H]21. The molecule has 0 spiro atoms. The van der Waals surface area contributed by atoms with Gasteiger partial charge >= 0.3 is 5.51 Å². The highest BCUT2D eigenvalue weighted by atomic mass is 32.2. The second-order valence-electron chi connectivity index (χ2n) is 5.26. The van der Waals surface area contributed by atoms with Crippen LogP contribution in [0.3, 0.4) is 0 Å². The van der Waals surface area contributed by atoms with E-state index in [1.807, 2.05) is 0 Å². The van der Waals surface area contributed by atoms with Gasteiger partial charge in [-0.25, -0.2) is 8.42 Å². The van der Waals surface area contributed by atoms with E-state index in [2.05, 4.69) is 0 Å². The summed E-state index contributed by atoms with van der Waals surface area (Å²) >= 11 is 0. The molecule has 0 unspecified atom stereocenters. The average Bonchev–Trinajstić information content (AvgIpc) is 3.28. The Labute approximate surface area is 129 Å². The van der Waals surface area contributed by atoms with E-state index in [-0.39, 0.29) is 6.61 Å². The highest BCUT2D eigenvalue weighted by molar-refractivity contribution is 7.93. The first-order valence-electron chi connectivity index (χ1n) is 6.63. The first-order valence-corrected chi connectivity index (χ1v) is 8.11. The van der Waals surface area contributed by atoms with E-state index in [0.717, 1.165) is 0 Å². The summed E-state index contributed by atoms with van der Waals surface area (Å²) in [6.07, 6.45) is -4.06. The van der Waals surface area contributed by atoms with Crippen LogP contribution in [0.25, 0.3) is 0 Å². The number of aliphatic hydroxyl groups excluding tert-OH is 1. The van der Waals surface area contributed by atoms with Crippen molar-refractivity contribution in [3.63, 3.8) is 0 Å². The number of rotatable bonds is 4. The van der Waals surface area contributed by atoms with Crippen LogP contribution in [0.15, 0.2) is 30.3 Å². The van der Waals surface area contributed by atoms with E-state index in [9.17, 15) is 26.7 Å². The maximum atomic E-state index is 13.0. The Bertz CT molecular complexity index is 677. The van der Waals surface area contributed by atoms with Crippen LogP contribution in [0, 0.1) is 0 Å². The molecule has 6 nitrogen and oxygen atoms in total. The van der Waals surface area contributed by atoms with E-state index >= 15 is 0 Å². The minimum atomic E-state index is -5.75. The maximum Gasteiger partial charge on any atom is 0.500 e. The molecule has 0 amide bonds. The Morgan fingerprint density at radius 3 is 2.57 bits per heavy atom. The predicted molar refractivity (Wildman–Crippen MR) is 69.6 cm³/mol. The maximum absolute atomic E-state index is 13.0. The van der Waals surface area contributed by atoms with Crippen molar-refractivity contribution in [2.24, 2.45) is 0 Å². The average molecular weight is 354 g/mol. The van der Waals surface area contributed by atoms with Gasteiger partial charge in [0.15, 0.2) is 6.29 Å².